The van der Waals surface area contributed by atoms with Crippen LogP contribution in [0.1, 0.15) is 44.6 Å². The van der Waals surface area contributed by atoms with Crippen molar-refractivity contribution in [2.75, 3.05) is 12.4 Å². The summed E-state index contributed by atoms with van der Waals surface area (Å²) in [4.78, 5) is 25.5. The number of thioether (sulfide) groups is 1. The van der Waals surface area contributed by atoms with Crippen LogP contribution in [0.4, 0.5) is 0 Å². The Balaban J connectivity index is 1.52. The molecule has 0 saturated carbocycles. The van der Waals surface area contributed by atoms with E-state index in [0.717, 1.165) is 16.9 Å². The smallest absolute Gasteiger partial charge is 0.303 e. The van der Waals surface area contributed by atoms with Crippen molar-refractivity contribution in [3.8, 4) is 0 Å². The number of rotatable bonds is 9. The standard InChI is InChI=1S/C28H35NO7S/c1-4-37-28-25(35-19(3)30)24(33-17-20-11-7-5-8-12-20)23(18(2)34-28)29-26(31)22-15-16-32-27(36-22)21-13-9-6-10-14-21/h5-14,18,22-25,27-28H,4,15-17H2,1-3H3,(H,29,31)/t18-,22-,23-,24+,25+,27-,28-/m1/s1. The molecule has 0 bridgehead atoms. The first-order valence-corrected chi connectivity index (χ1v) is 13.7. The summed E-state index contributed by atoms with van der Waals surface area (Å²) in [6.45, 7) is 5.98. The maximum atomic E-state index is 13.4. The Kier molecular flexibility index (Phi) is 9.99. The molecule has 2 saturated heterocycles. The molecule has 0 unspecified atom stereocenters. The lowest BCUT2D eigenvalue weighted by Crippen LogP contribution is -2.64. The van der Waals surface area contributed by atoms with E-state index in [1.807, 2.05) is 74.5 Å². The fourth-order valence-corrected chi connectivity index (χ4v) is 5.53. The Morgan fingerprint density at radius 3 is 2.41 bits per heavy atom. The molecule has 2 aromatic carbocycles. The van der Waals surface area contributed by atoms with Gasteiger partial charge in [-0.25, -0.2) is 0 Å². The van der Waals surface area contributed by atoms with Crippen molar-refractivity contribution in [1.82, 2.24) is 5.32 Å². The summed E-state index contributed by atoms with van der Waals surface area (Å²) in [6.07, 6.45) is -2.59. The van der Waals surface area contributed by atoms with E-state index in [4.69, 9.17) is 23.7 Å². The highest BCUT2D eigenvalue weighted by molar-refractivity contribution is 7.99. The van der Waals surface area contributed by atoms with Gasteiger partial charge in [-0.15, -0.1) is 11.8 Å². The van der Waals surface area contributed by atoms with E-state index < -0.39 is 42.0 Å². The Bertz CT molecular complexity index is 1010. The van der Waals surface area contributed by atoms with E-state index in [9.17, 15) is 9.59 Å². The first-order valence-electron chi connectivity index (χ1n) is 12.7. The third-order valence-electron chi connectivity index (χ3n) is 6.33. The zero-order chi connectivity index (χ0) is 26.2. The fraction of sp³-hybridized carbons (Fsp3) is 0.500. The second-order valence-corrected chi connectivity index (χ2v) is 10.4. The molecule has 9 heteroatoms. The highest BCUT2D eigenvalue weighted by Crippen LogP contribution is 2.33. The fourth-order valence-electron chi connectivity index (χ4n) is 4.55. The molecule has 2 aromatic rings. The van der Waals surface area contributed by atoms with E-state index in [1.54, 1.807) is 11.8 Å². The van der Waals surface area contributed by atoms with Crippen LogP contribution < -0.4 is 5.32 Å². The van der Waals surface area contributed by atoms with E-state index in [1.165, 1.54) is 6.92 Å². The minimum absolute atomic E-state index is 0.277. The van der Waals surface area contributed by atoms with Gasteiger partial charge < -0.3 is 29.0 Å². The van der Waals surface area contributed by atoms with Gasteiger partial charge in [0.2, 0.25) is 5.91 Å². The van der Waals surface area contributed by atoms with Crippen molar-refractivity contribution in [3.05, 3.63) is 71.8 Å². The van der Waals surface area contributed by atoms with Crippen LogP contribution in [0, 0.1) is 0 Å². The predicted octanol–water partition coefficient (Wildman–Crippen LogP) is 3.99. The second-order valence-electron chi connectivity index (χ2n) is 9.06. The largest absolute Gasteiger partial charge is 0.456 e. The Hall–Kier alpha value is -2.43. The van der Waals surface area contributed by atoms with Crippen LogP contribution in [0.3, 0.4) is 0 Å². The maximum absolute atomic E-state index is 13.4. The Morgan fingerprint density at radius 1 is 1.03 bits per heavy atom. The molecule has 2 aliphatic heterocycles. The molecule has 1 amide bonds. The number of esters is 1. The lowest BCUT2D eigenvalue weighted by Gasteiger charge is -2.45. The van der Waals surface area contributed by atoms with Crippen molar-refractivity contribution < 1.29 is 33.3 Å². The molecule has 4 rings (SSSR count). The molecule has 37 heavy (non-hydrogen) atoms. The molecule has 0 aliphatic carbocycles. The molecule has 1 N–H and O–H groups in total. The van der Waals surface area contributed by atoms with E-state index in [0.29, 0.717) is 19.6 Å². The maximum Gasteiger partial charge on any atom is 0.303 e. The van der Waals surface area contributed by atoms with Crippen LogP contribution in [0.15, 0.2) is 60.7 Å². The Labute approximate surface area is 222 Å². The summed E-state index contributed by atoms with van der Waals surface area (Å²) < 4.78 is 30.1. The van der Waals surface area contributed by atoms with Crippen molar-refractivity contribution >= 4 is 23.6 Å². The molecule has 7 atom stereocenters. The predicted molar refractivity (Wildman–Crippen MR) is 140 cm³/mol. The number of hydrogen-bond acceptors (Lipinski definition) is 8. The van der Waals surface area contributed by atoms with Gasteiger partial charge in [0, 0.05) is 18.9 Å². The molecular formula is C28H35NO7S. The summed E-state index contributed by atoms with van der Waals surface area (Å²) in [6, 6.07) is 18.7. The average molecular weight is 530 g/mol. The van der Waals surface area contributed by atoms with Crippen LogP contribution >= 0.6 is 11.8 Å². The van der Waals surface area contributed by atoms with Crippen molar-refractivity contribution in [2.45, 2.75) is 76.0 Å². The van der Waals surface area contributed by atoms with Gasteiger partial charge >= 0.3 is 5.97 Å². The van der Waals surface area contributed by atoms with Crippen molar-refractivity contribution in [3.63, 3.8) is 0 Å². The summed E-state index contributed by atoms with van der Waals surface area (Å²) in [5.41, 5.74) is 1.42. The van der Waals surface area contributed by atoms with Crippen molar-refractivity contribution in [2.24, 2.45) is 0 Å². The van der Waals surface area contributed by atoms with Gasteiger partial charge in [0.05, 0.1) is 25.4 Å². The van der Waals surface area contributed by atoms with Crippen LogP contribution in [0.25, 0.3) is 0 Å². The first kappa shape index (κ1) is 27.6. The zero-order valence-corrected chi connectivity index (χ0v) is 22.2. The lowest BCUT2D eigenvalue weighted by atomic mass is 9.96. The number of ether oxygens (including phenoxy) is 5. The average Bonchev–Trinajstić information content (AvgIpc) is 2.91. The summed E-state index contributed by atoms with van der Waals surface area (Å²) in [5.74, 6) is 0.0665. The van der Waals surface area contributed by atoms with Crippen LogP contribution in [-0.4, -0.2) is 60.1 Å². The van der Waals surface area contributed by atoms with Gasteiger partial charge in [-0.05, 0) is 18.2 Å². The monoisotopic (exact) mass is 529 g/mol. The highest BCUT2D eigenvalue weighted by Gasteiger charge is 2.48. The summed E-state index contributed by atoms with van der Waals surface area (Å²) in [5, 5.41) is 3.09. The number of amides is 1. The van der Waals surface area contributed by atoms with Crippen LogP contribution in [0.2, 0.25) is 0 Å². The highest BCUT2D eigenvalue weighted by atomic mass is 32.2. The normalized spacial score (nSPS) is 29.9. The van der Waals surface area contributed by atoms with Gasteiger partial charge in [-0.3, -0.25) is 9.59 Å². The molecule has 8 nitrogen and oxygen atoms in total. The van der Waals surface area contributed by atoms with Gasteiger partial charge in [0.1, 0.15) is 17.6 Å². The summed E-state index contributed by atoms with van der Waals surface area (Å²) in [7, 11) is 0. The lowest BCUT2D eigenvalue weighted by molar-refractivity contribution is -0.220. The van der Waals surface area contributed by atoms with Crippen LogP contribution in [-0.2, 0) is 39.9 Å². The van der Waals surface area contributed by atoms with Gasteiger partial charge in [0.25, 0.3) is 0 Å². The SMILES string of the molecule is CCS[C@H]1O[C@H](C)[C@@H](NC(=O)[C@H]2CCO[C@@H](c3ccccc3)O2)[C@H](OCc2ccccc2)[C@@H]1OC(C)=O. The second kappa shape index (κ2) is 13.4. The number of carbonyl (C=O) groups excluding carboxylic acids is 2. The third kappa shape index (κ3) is 7.33. The van der Waals surface area contributed by atoms with Gasteiger partial charge in [-0.1, -0.05) is 67.6 Å². The molecular weight excluding hydrogens is 494 g/mol. The van der Waals surface area contributed by atoms with E-state index in [-0.39, 0.29) is 12.0 Å². The van der Waals surface area contributed by atoms with Crippen LogP contribution in [0.5, 0.6) is 0 Å². The Morgan fingerprint density at radius 2 is 1.73 bits per heavy atom. The summed E-state index contributed by atoms with van der Waals surface area (Å²) >= 11 is 1.55. The zero-order valence-electron chi connectivity index (χ0n) is 21.4. The van der Waals surface area contributed by atoms with E-state index in [2.05, 4.69) is 5.32 Å². The van der Waals surface area contributed by atoms with Gasteiger partial charge in [0.15, 0.2) is 12.4 Å². The minimum atomic E-state index is -0.698. The number of nitrogens with one attached hydrogen (secondary N) is 1. The molecule has 2 aliphatic rings. The first-order chi connectivity index (χ1) is 18.0. The number of hydrogen-bond donors (Lipinski definition) is 1. The van der Waals surface area contributed by atoms with E-state index >= 15 is 0 Å². The number of benzene rings is 2. The quantitative estimate of drug-likeness (QED) is 0.488. The van der Waals surface area contributed by atoms with Crippen molar-refractivity contribution in [1.29, 1.82) is 0 Å². The minimum Gasteiger partial charge on any atom is -0.456 e. The molecule has 200 valence electrons. The number of carbonyl (C=O) groups is 2. The topological polar surface area (TPSA) is 92.3 Å². The van der Waals surface area contributed by atoms with Gasteiger partial charge in [-0.2, -0.15) is 0 Å². The molecule has 2 fully saturated rings. The molecule has 0 radical (unpaired) electrons. The molecule has 2 heterocycles. The molecule has 0 spiro atoms. The third-order valence-corrected chi connectivity index (χ3v) is 7.37. The molecule has 0 aromatic heterocycles.